The van der Waals surface area contributed by atoms with E-state index in [1.807, 2.05) is 18.2 Å². The highest BCUT2D eigenvalue weighted by molar-refractivity contribution is 5.76. The van der Waals surface area contributed by atoms with Crippen LogP contribution in [-0.2, 0) is 11.2 Å². The molecule has 3 rings (SSSR count). The topological polar surface area (TPSA) is 45.5 Å². The number of hydrogen-bond donors (Lipinski definition) is 1. The van der Waals surface area contributed by atoms with Crippen molar-refractivity contribution in [2.75, 3.05) is 19.6 Å². The lowest BCUT2D eigenvalue weighted by Crippen LogP contribution is -2.36. The summed E-state index contributed by atoms with van der Waals surface area (Å²) in [4.78, 5) is 14.5. The largest absolute Gasteiger partial charge is 0.468 e. The fraction of sp³-hybridized carbons (Fsp3) is 0.421. The highest BCUT2D eigenvalue weighted by Crippen LogP contribution is 2.24. The summed E-state index contributed by atoms with van der Waals surface area (Å²) in [6, 6.07) is 10.3. The van der Waals surface area contributed by atoms with Crippen LogP contribution in [0.3, 0.4) is 0 Å². The van der Waals surface area contributed by atoms with Gasteiger partial charge in [0.05, 0.1) is 12.3 Å². The van der Waals surface area contributed by atoms with Crippen molar-refractivity contribution in [1.29, 1.82) is 0 Å². The van der Waals surface area contributed by atoms with Crippen molar-refractivity contribution in [1.82, 2.24) is 10.2 Å². The summed E-state index contributed by atoms with van der Waals surface area (Å²) >= 11 is 0. The van der Waals surface area contributed by atoms with Gasteiger partial charge in [-0.05, 0) is 62.2 Å². The minimum absolute atomic E-state index is 0.0185. The molecule has 1 saturated heterocycles. The summed E-state index contributed by atoms with van der Waals surface area (Å²) in [5.74, 6) is 0.608. The zero-order valence-electron chi connectivity index (χ0n) is 13.7. The van der Waals surface area contributed by atoms with E-state index in [-0.39, 0.29) is 17.8 Å². The minimum Gasteiger partial charge on any atom is -0.468 e. The van der Waals surface area contributed by atoms with Crippen molar-refractivity contribution in [3.63, 3.8) is 0 Å². The van der Waals surface area contributed by atoms with Crippen LogP contribution in [0.25, 0.3) is 0 Å². The van der Waals surface area contributed by atoms with Gasteiger partial charge in [-0.25, -0.2) is 4.39 Å². The molecule has 1 atom stereocenters. The monoisotopic (exact) mass is 330 g/mol. The molecule has 1 unspecified atom stereocenters. The molecule has 0 radical (unpaired) electrons. The van der Waals surface area contributed by atoms with Crippen molar-refractivity contribution >= 4 is 5.91 Å². The first-order valence-electron chi connectivity index (χ1n) is 8.51. The molecule has 0 saturated carbocycles. The van der Waals surface area contributed by atoms with Gasteiger partial charge in [0.2, 0.25) is 5.91 Å². The van der Waals surface area contributed by atoms with Gasteiger partial charge >= 0.3 is 0 Å². The number of carbonyl (C=O) groups excluding carboxylic acids is 1. The molecule has 0 aliphatic carbocycles. The molecule has 2 aromatic rings. The van der Waals surface area contributed by atoms with Gasteiger partial charge in [-0.3, -0.25) is 9.69 Å². The van der Waals surface area contributed by atoms with Crippen LogP contribution in [0.2, 0.25) is 0 Å². The summed E-state index contributed by atoms with van der Waals surface area (Å²) in [7, 11) is 0. The third kappa shape index (κ3) is 4.45. The van der Waals surface area contributed by atoms with Crippen molar-refractivity contribution < 1.29 is 13.6 Å². The molecule has 1 amide bonds. The number of hydrogen-bond acceptors (Lipinski definition) is 3. The molecular weight excluding hydrogens is 307 g/mol. The molecule has 1 aromatic carbocycles. The Bertz CT molecular complexity index is 651. The van der Waals surface area contributed by atoms with Crippen LogP contribution in [0.4, 0.5) is 4.39 Å². The molecule has 1 N–H and O–H groups in total. The maximum absolute atomic E-state index is 13.2. The summed E-state index contributed by atoms with van der Waals surface area (Å²) in [6.07, 6.45) is 4.94. The van der Waals surface area contributed by atoms with E-state index in [0.717, 1.165) is 24.4 Å². The second-order valence-corrected chi connectivity index (χ2v) is 6.21. The molecule has 128 valence electrons. The van der Waals surface area contributed by atoms with E-state index in [1.165, 1.54) is 25.0 Å². The molecule has 1 aliphatic heterocycles. The first kappa shape index (κ1) is 16.7. The smallest absolute Gasteiger partial charge is 0.220 e. The van der Waals surface area contributed by atoms with Crippen LogP contribution in [-0.4, -0.2) is 30.4 Å². The molecule has 1 fully saturated rings. The van der Waals surface area contributed by atoms with Crippen LogP contribution in [0.1, 0.15) is 36.6 Å². The van der Waals surface area contributed by atoms with E-state index in [4.69, 9.17) is 4.42 Å². The number of benzene rings is 1. The molecular formula is C19H23FN2O2. The maximum atomic E-state index is 13.2. The van der Waals surface area contributed by atoms with Gasteiger partial charge in [0.25, 0.3) is 0 Å². The number of nitrogens with one attached hydrogen (secondary N) is 1. The molecule has 0 bridgehead atoms. The molecule has 24 heavy (non-hydrogen) atoms. The van der Waals surface area contributed by atoms with E-state index < -0.39 is 0 Å². The quantitative estimate of drug-likeness (QED) is 0.847. The molecule has 2 heterocycles. The Morgan fingerprint density at radius 2 is 2.08 bits per heavy atom. The lowest BCUT2D eigenvalue weighted by Gasteiger charge is -2.26. The number of aryl methyl sites for hydroxylation is 1. The fourth-order valence-corrected chi connectivity index (χ4v) is 3.19. The average molecular weight is 330 g/mol. The first-order valence-corrected chi connectivity index (χ1v) is 8.51. The van der Waals surface area contributed by atoms with Crippen LogP contribution in [0, 0.1) is 5.82 Å². The Morgan fingerprint density at radius 1 is 1.25 bits per heavy atom. The average Bonchev–Trinajstić information content (AvgIpc) is 3.27. The van der Waals surface area contributed by atoms with Crippen molar-refractivity contribution in [2.24, 2.45) is 0 Å². The number of amides is 1. The Morgan fingerprint density at radius 3 is 2.79 bits per heavy atom. The first-order chi connectivity index (χ1) is 11.7. The second-order valence-electron chi connectivity index (χ2n) is 6.21. The second kappa shape index (κ2) is 8.11. The predicted octanol–water partition coefficient (Wildman–Crippen LogP) is 3.30. The Labute approximate surface area is 141 Å². The molecule has 5 heteroatoms. The van der Waals surface area contributed by atoms with Crippen LogP contribution >= 0.6 is 0 Å². The van der Waals surface area contributed by atoms with Gasteiger partial charge in [-0.2, -0.15) is 0 Å². The zero-order valence-corrected chi connectivity index (χ0v) is 13.7. The lowest BCUT2D eigenvalue weighted by molar-refractivity contribution is -0.121. The highest BCUT2D eigenvalue weighted by Gasteiger charge is 2.25. The normalized spacial score (nSPS) is 16.2. The lowest BCUT2D eigenvalue weighted by atomic mass is 10.1. The Hall–Kier alpha value is -2.14. The van der Waals surface area contributed by atoms with Gasteiger partial charge in [-0.15, -0.1) is 0 Å². The third-order valence-electron chi connectivity index (χ3n) is 4.48. The van der Waals surface area contributed by atoms with E-state index in [9.17, 15) is 9.18 Å². The van der Waals surface area contributed by atoms with Gasteiger partial charge < -0.3 is 9.73 Å². The number of nitrogens with zero attached hydrogens (tertiary/aromatic N) is 1. The molecule has 0 spiro atoms. The van der Waals surface area contributed by atoms with Crippen LogP contribution in [0.5, 0.6) is 0 Å². The van der Waals surface area contributed by atoms with Crippen LogP contribution < -0.4 is 5.32 Å². The third-order valence-corrected chi connectivity index (χ3v) is 4.48. The summed E-state index contributed by atoms with van der Waals surface area (Å²) in [5.41, 5.74) is 0.840. The Balaban J connectivity index is 1.51. The molecule has 4 nitrogen and oxygen atoms in total. The number of halogens is 1. The van der Waals surface area contributed by atoms with Crippen LogP contribution in [0.15, 0.2) is 47.1 Å². The summed E-state index contributed by atoms with van der Waals surface area (Å²) in [5, 5.41) is 3.00. The number of furan rings is 1. The van der Waals surface area contributed by atoms with E-state index in [2.05, 4.69) is 10.2 Å². The van der Waals surface area contributed by atoms with Crippen molar-refractivity contribution in [3.8, 4) is 0 Å². The van der Waals surface area contributed by atoms with Gasteiger partial charge in [0, 0.05) is 13.0 Å². The van der Waals surface area contributed by atoms with Crippen molar-refractivity contribution in [2.45, 2.75) is 31.7 Å². The molecule has 1 aliphatic rings. The summed E-state index contributed by atoms with van der Waals surface area (Å²) in [6.45, 7) is 2.60. The predicted molar refractivity (Wildman–Crippen MR) is 90.0 cm³/mol. The van der Waals surface area contributed by atoms with Gasteiger partial charge in [0.1, 0.15) is 11.6 Å². The summed E-state index contributed by atoms with van der Waals surface area (Å²) < 4.78 is 18.7. The fourth-order valence-electron chi connectivity index (χ4n) is 3.19. The number of rotatable bonds is 7. The molecule has 1 aromatic heterocycles. The van der Waals surface area contributed by atoms with Gasteiger partial charge in [-0.1, -0.05) is 12.1 Å². The van der Waals surface area contributed by atoms with Crippen molar-refractivity contribution in [3.05, 3.63) is 59.8 Å². The maximum Gasteiger partial charge on any atom is 0.220 e. The minimum atomic E-state index is -0.264. The number of carbonyl (C=O) groups is 1. The zero-order chi connectivity index (χ0) is 16.8. The van der Waals surface area contributed by atoms with Gasteiger partial charge in [0.15, 0.2) is 0 Å². The number of likely N-dealkylation sites (tertiary alicyclic amines) is 1. The Kier molecular flexibility index (Phi) is 5.64. The highest BCUT2D eigenvalue weighted by atomic mass is 19.1. The standard InChI is InChI=1S/C19H23FN2O2/c20-16-6-3-5-15(13-16)8-9-19(23)21-14-17(18-7-4-12-24-18)22-10-1-2-11-22/h3-7,12-13,17H,1-2,8-11,14H2,(H,21,23). The SMILES string of the molecule is O=C(CCc1cccc(F)c1)NCC(c1ccco1)N1CCCC1. The van der Waals surface area contributed by atoms with E-state index in [0.29, 0.717) is 19.4 Å². The van der Waals surface area contributed by atoms with E-state index in [1.54, 1.807) is 12.3 Å². The van der Waals surface area contributed by atoms with E-state index >= 15 is 0 Å².